The van der Waals surface area contributed by atoms with Crippen molar-refractivity contribution in [1.29, 1.82) is 0 Å². The first kappa shape index (κ1) is 23.4. The Bertz CT molecular complexity index is 777. The Balaban J connectivity index is 0.000000469. The number of carboxylic acids is 2. The monoisotopic (exact) mass is 414 g/mol. The van der Waals surface area contributed by atoms with Crippen LogP contribution in [0.4, 0.5) is 0 Å². The summed E-state index contributed by atoms with van der Waals surface area (Å²) in [6.45, 7) is 6.90. The molecule has 1 fully saturated rings. The minimum atomic E-state index is -1.82. The molecule has 7 nitrogen and oxygen atoms in total. The van der Waals surface area contributed by atoms with Gasteiger partial charge in [-0.2, -0.15) is 0 Å². The highest BCUT2D eigenvalue weighted by Gasteiger charge is 2.16. The van der Waals surface area contributed by atoms with E-state index in [1.54, 1.807) is 7.11 Å². The molecule has 2 N–H and O–H groups in total. The first-order valence-corrected chi connectivity index (χ1v) is 10.1. The van der Waals surface area contributed by atoms with Crippen LogP contribution >= 0.6 is 0 Å². The molecule has 2 aromatic rings. The van der Waals surface area contributed by atoms with Crippen LogP contribution in [0, 0.1) is 0 Å². The molecule has 2 aromatic carbocycles. The standard InChI is InChI=1S/C21H28N2O.C2H2O4/c1-24-21-11-5-9-20(17-21)18-23-15-13-22(14-16-23)12-6-10-19-7-3-2-4-8-19;3-1(4)2(5)6/h2-5,7-9,11,17H,6,10,12-16,18H2,1H3;(H,3,4)(H,5,6). The predicted octanol–water partition coefficient (Wildman–Crippen LogP) is 2.60. The Kier molecular flexibility index (Phi) is 9.83. The molecule has 1 aliphatic rings. The number of ether oxygens (including phenoxy) is 1. The van der Waals surface area contributed by atoms with Gasteiger partial charge in [-0.3, -0.25) is 4.90 Å². The van der Waals surface area contributed by atoms with Gasteiger partial charge in [0.2, 0.25) is 0 Å². The van der Waals surface area contributed by atoms with E-state index >= 15 is 0 Å². The number of carboxylic acid groups (broad SMARTS) is 2. The van der Waals surface area contributed by atoms with E-state index in [-0.39, 0.29) is 0 Å². The molecular formula is C23H30N2O5. The zero-order valence-corrected chi connectivity index (χ0v) is 17.4. The third kappa shape index (κ3) is 8.63. The first-order valence-electron chi connectivity index (χ1n) is 10.1. The Hall–Kier alpha value is -2.90. The maximum atomic E-state index is 9.10. The average Bonchev–Trinajstić information content (AvgIpc) is 2.76. The normalized spacial score (nSPS) is 14.4. The average molecular weight is 415 g/mol. The second-order valence-electron chi connectivity index (χ2n) is 7.17. The van der Waals surface area contributed by atoms with E-state index in [0.717, 1.165) is 25.4 Å². The Morgan fingerprint density at radius 2 is 1.47 bits per heavy atom. The van der Waals surface area contributed by atoms with Crippen molar-refractivity contribution in [3.63, 3.8) is 0 Å². The van der Waals surface area contributed by atoms with E-state index in [2.05, 4.69) is 58.3 Å². The highest BCUT2D eigenvalue weighted by Crippen LogP contribution is 2.15. The van der Waals surface area contributed by atoms with Crippen LogP contribution in [0.2, 0.25) is 0 Å². The lowest BCUT2D eigenvalue weighted by Crippen LogP contribution is -2.46. The van der Waals surface area contributed by atoms with Gasteiger partial charge in [-0.15, -0.1) is 0 Å². The predicted molar refractivity (Wildman–Crippen MR) is 115 cm³/mol. The van der Waals surface area contributed by atoms with Crippen LogP contribution in [0.1, 0.15) is 17.5 Å². The lowest BCUT2D eigenvalue weighted by molar-refractivity contribution is -0.159. The minimum absolute atomic E-state index is 0.951. The SMILES string of the molecule is COc1cccc(CN2CCN(CCCc3ccccc3)CC2)c1.O=C(O)C(=O)O. The van der Waals surface area contributed by atoms with Crippen molar-refractivity contribution in [1.82, 2.24) is 9.80 Å². The van der Waals surface area contributed by atoms with E-state index in [1.807, 2.05) is 6.07 Å². The van der Waals surface area contributed by atoms with Crippen LogP contribution in [0.3, 0.4) is 0 Å². The third-order valence-electron chi connectivity index (χ3n) is 4.97. The molecule has 0 aliphatic carbocycles. The van der Waals surface area contributed by atoms with Crippen molar-refractivity contribution in [3.8, 4) is 5.75 Å². The van der Waals surface area contributed by atoms with Crippen LogP contribution < -0.4 is 4.74 Å². The van der Waals surface area contributed by atoms with Crippen LogP contribution in [-0.4, -0.2) is 71.8 Å². The first-order chi connectivity index (χ1) is 14.5. The second kappa shape index (κ2) is 12.6. The van der Waals surface area contributed by atoms with Gasteiger partial charge in [-0.05, 0) is 42.6 Å². The van der Waals surface area contributed by atoms with Gasteiger partial charge < -0.3 is 19.8 Å². The number of rotatable bonds is 7. The number of piperazine rings is 1. The van der Waals surface area contributed by atoms with Crippen molar-refractivity contribution in [2.24, 2.45) is 0 Å². The van der Waals surface area contributed by atoms with Gasteiger partial charge in [0.25, 0.3) is 0 Å². The van der Waals surface area contributed by atoms with Crippen molar-refractivity contribution in [2.45, 2.75) is 19.4 Å². The second-order valence-corrected chi connectivity index (χ2v) is 7.17. The zero-order valence-electron chi connectivity index (χ0n) is 17.4. The summed E-state index contributed by atoms with van der Waals surface area (Å²) in [5, 5.41) is 14.8. The van der Waals surface area contributed by atoms with Gasteiger partial charge in [0.15, 0.2) is 0 Å². The zero-order chi connectivity index (χ0) is 21.8. The summed E-state index contributed by atoms with van der Waals surface area (Å²) in [6, 6.07) is 19.2. The molecule has 0 aromatic heterocycles. The summed E-state index contributed by atoms with van der Waals surface area (Å²) >= 11 is 0. The van der Waals surface area contributed by atoms with Gasteiger partial charge in [0.05, 0.1) is 7.11 Å². The highest BCUT2D eigenvalue weighted by molar-refractivity contribution is 6.27. The Labute approximate surface area is 177 Å². The fourth-order valence-electron chi connectivity index (χ4n) is 3.35. The van der Waals surface area contributed by atoms with E-state index in [4.69, 9.17) is 24.5 Å². The molecule has 1 aliphatic heterocycles. The van der Waals surface area contributed by atoms with Gasteiger partial charge >= 0.3 is 11.9 Å². The lowest BCUT2D eigenvalue weighted by Gasteiger charge is -2.34. The highest BCUT2D eigenvalue weighted by atomic mass is 16.5. The topological polar surface area (TPSA) is 90.3 Å². The van der Waals surface area contributed by atoms with E-state index in [1.165, 1.54) is 43.6 Å². The van der Waals surface area contributed by atoms with E-state index in [9.17, 15) is 0 Å². The molecule has 0 atom stereocenters. The van der Waals surface area contributed by atoms with Gasteiger partial charge in [-0.1, -0.05) is 42.5 Å². The maximum Gasteiger partial charge on any atom is 0.414 e. The van der Waals surface area contributed by atoms with Crippen molar-refractivity contribution >= 4 is 11.9 Å². The molecule has 3 rings (SSSR count). The van der Waals surface area contributed by atoms with Crippen LogP contribution in [-0.2, 0) is 22.6 Å². The largest absolute Gasteiger partial charge is 0.497 e. The molecule has 1 heterocycles. The molecule has 7 heteroatoms. The molecule has 30 heavy (non-hydrogen) atoms. The summed E-state index contributed by atoms with van der Waals surface area (Å²) in [4.78, 5) is 23.3. The molecule has 0 bridgehead atoms. The summed E-state index contributed by atoms with van der Waals surface area (Å²) in [6.07, 6.45) is 2.44. The molecule has 0 saturated carbocycles. The number of carbonyl (C=O) groups is 2. The number of hydrogen-bond acceptors (Lipinski definition) is 5. The summed E-state index contributed by atoms with van der Waals surface area (Å²) in [5.41, 5.74) is 2.79. The number of benzene rings is 2. The molecule has 0 radical (unpaired) electrons. The molecular weight excluding hydrogens is 384 g/mol. The smallest absolute Gasteiger partial charge is 0.414 e. The molecule has 162 valence electrons. The van der Waals surface area contributed by atoms with E-state index < -0.39 is 11.9 Å². The van der Waals surface area contributed by atoms with Gasteiger partial charge in [-0.25, -0.2) is 9.59 Å². The summed E-state index contributed by atoms with van der Waals surface area (Å²) in [7, 11) is 1.73. The fraction of sp³-hybridized carbons (Fsp3) is 0.391. The molecule has 1 saturated heterocycles. The third-order valence-corrected chi connectivity index (χ3v) is 4.97. The van der Waals surface area contributed by atoms with E-state index in [0.29, 0.717) is 0 Å². The number of nitrogens with zero attached hydrogens (tertiary/aromatic N) is 2. The van der Waals surface area contributed by atoms with Crippen molar-refractivity contribution < 1.29 is 24.5 Å². The molecule has 0 spiro atoms. The molecule has 0 amide bonds. The fourth-order valence-corrected chi connectivity index (χ4v) is 3.35. The van der Waals surface area contributed by atoms with Crippen LogP contribution in [0.25, 0.3) is 0 Å². The summed E-state index contributed by atoms with van der Waals surface area (Å²) < 4.78 is 5.32. The molecule has 0 unspecified atom stereocenters. The number of methoxy groups -OCH3 is 1. The van der Waals surface area contributed by atoms with Crippen LogP contribution in [0.15, 0.2) is 54.6 Å². The Morgan fingerprint density at radius 3 is 2.07 bits per heavy atom. The van der Waals surface area contributed by atoms with Gasteiger partial charge in [0, 0.05) is 32.7 Å². The van der Waals surface area contributed by atoms with Gasteiger partial charge in [0.1, 0.15) is 5.75 Å². The Morgan fingerprint density at radius 1 is 0.867 bits per heavy atom. The minimum Gasteiger partial charge on any atom is -0.497 e. The number of aryl methyl sites for hydroxylation is 1. The maximum absolute atomic E-state index is 9.10. The number of hydrogen-bond donors (Lipinski definition) is 2. The van der Waals surface area contributed by atoms with Crippen molar-refractivity contribution in [2.75, 3.05) is 39.8 Å². The summed E-state index contributed by atoms with van der Waals surface area (Å²) in [5.74, 6) is -2.70. The quantitative estimate of drug-likeness (QED) is 0.673. The van der Waals surface area contributed by atoms with Crippen LogP contribution in [0.5, 0.6) is 5.75 Å². The number of aliphatic carboxylic acids is 2. The lowest BCUT2D eigenvalue weighted by atomic mass is 10.1. The van der Waals surface area contributed by atoms with Crippen molar-refractivity contribution in [3.05, 3.63) is 65.7 Å².